The zero-order valence-corrected chi connectivity index (χ0v) is 10.8. The van der Waals surface area contributed by atoms with Crippen LogP contribution in [0, 0.1) is 5.41 Å². The van der Waals surface area contributed by atoms with E-state index in [1.807, 2.05) is 0 Å². The molecule has 0 aliphatic rings. The average Bonchev–Trinajstić information content (AvgIpc) is 2.28. The topological polar surface area (TPSA) is 63.6 Å². The SMILES string of the molecule is COc1ccc(C(C=O)C(C)(C)CC(=O)O)cc1. The molecule has 0 radical (unpaired) electrons. The number of carbonyl (C=O) groups excluding carboxylic acids is 1. The van der Waals surface area contributed by atoms with Gasteiger partial charge in [-0.25, -0.2) is 0 Å². The van der Waals surface area contributed by atoms with E-state index in [1.165, 1.54) is 0 Å². The number of methoxy groups -OCH3 is 1. The highest BCUT2D eigenvalue weighted by molar-refractivity contribution is 5.71. The molecule has 0 amide bonds. The second kappa shape index (κ2) is 5.67. The van der Waals surface area contributed by atoms with Gasteiger partial charge < -0.3 is 14.6 Å². The first-order chi connectivity index (χ1) is 8.40. The molecule has 0 aliphatic heterocycles. The Morgan fingerprint density at radius 2 is 1.94 bits per heavy atom. The average molecular weight is 250 g/mol. The number of hydrogen-bond acceptors (Lipinski definition) is 3. The molecule has 0 heterocycles. The lowest BCUT2D eigenvalue weighted by atomic mass is 9.73. The van der Waals surface area contributed by atoms with Gasteiger partial charge in [0.1, 0.15) is 12.0 Å². The van der Waals surface area contributed by atoms with E-state index in [2.05, 4.69) is 0 Å². The van der Waals surface area contributed by atoms with E-state index >= 15 is 0 Å². The number of carboxylic acids is 1. The largest absolute Gasteiger partial charge is 0.497 e. The second-order valence-corrected chi connectivity index (χ2v) is 4.95. The van der Waals surface area contributed by atoms with Crippen molar-refractivity contribution in [3.05, 3.63) is 29.8 Å². The molecule has 1 unspecified atom stereocenters. The Labute approximate surface area is 107 Å². The molecule has 4 nitrogen and oxygen atoms in total. The van der Waals surface area contributed by atoms with Crippen molar-refractivity contribution >= 4 is 12.3 Å². The number of benzene rings is 1. The second-order valence-electron chi connectivity index (χ2n) is 4.95. The summed E-state index contributed by atoms with van der Waals surface area (Å²) in [6.45, 7) is 3.56. The number of carboxylic acid groups (broad SMARTS) is 1. The Morgan fingerprint density at radius 3 is 2.33 bits per heavy atom. The van der Waals surface area contributed by atoms with Crippen LogP contribution in [0.1, 0.15) is 31.7 Å². The van der Waals surface area contributed by atoms with Crippen LogP contribution in [0.3, 0.4) is 0 Å². The summed E-state index contributed by atoms with van der Waals surface area (Å²) in [7, 11) is 1.57. The summed E-state index contributed by atoms with van der Waals surface area (Å²) in [6.07, 6.45) is 0.757. The molecule has 0 saturated carbocycles. The molecule has 98 valence electrons. The van der Waals surface area contributed by atoms with Gasteiger partial charge in [-0.3, -0.25) is 4.79 Å². The molecule has 0 bridgehead atoms. The zero-order valence-electron chi connectivity index (χ0n) is 10.8. The van der Waals surface area contributed by atoms with Crippen molar-refractivity contribution in [2.45, 2.75) is 26.2 Å². The summed E-state index contributed by atoms with van der Waals surface area (Å²) < 4.78 is 5.05. The van der Waals surface area contributed by atoms with Crippen molar-refractivity contribution < 1.29 is 19.4 Å². The zero-order chi connectivity index (χ0) is 13.8. The van der Waals surface area contributed by atoms with Crippen molar-refractivity contribution in [3.8, 4) is 5.75 Å². The van der Waals surface area contributed by atoms with Crippen LogP contribution in [-0.2, 0) is 9.59 Å². The number of aliphatic carboxylic acids is 1. The minimum absolute atomic E-state index is 0.0531. The summed E-state index contributed by atoms with van der Waals surface area (Å²) in [4.78, 5) is 22.1. The number of rotatable bonds is 6. The molecular formula is C14H18O4. The van der Waals surface area contributed by atoms with Crippen LogP contribution in [0.15, 0.2) is 24.3 Å². The smallest absolute Gasteiger partial charge is 0.303 e. The van der Waals surface area contributed by atoms with Gasteiger partial charge in [0.25, 0.3) is 0 Å². The summed E-state index contributed by atoms with van der Waals surface area (Å²) in [5, 5.41) is 8.89. The highest BCUT2D eigenvalue weighted by Gasteiger charge is 2.32. The highest BCUT2D eigenvalue weighted by Crippen LogP contribution is 2.37. The van der Waals surface area contributed by atoms with Crippen molar-refractivity contribution in [1.29, 1.82) is 0 Å². The Kier molecular flexibility index (Phi) is 4.48. The molecule has 1 atom stereocenters. The predicted octanol–water partition coefficient (Wildman–Crippen LogP) is 2.48. The summed E-state index contributed by atoms with van der Waals surface area (Å²) in [5.74, 6) is -0.640. The normalized spacial score (nSPS) is 12.8. The van der Waals surface area contributed by atoms with Crippen molar-refractivity contribution in [1.82, 2.24) is 0 Å². The molecule has 1 aromatic rings. The third-order valence-corrected chi connectivity index (χ3v) is 3.06. The van der Waals surface area contributed by atoms with Crippen LogP contribution in [0.2, 0.25) is 0 Å². The minimum Gasteiger partial charge on any atom is -0.497 e. The predicted molar refractivity (Wildman–Crippen MR) is 67.8 cm³/mol. The van der Waals surface area contributed by atoms with Crippen LogP contribution < -0.4 is 4.74 Å². The van der Waals surface area contributed by atoms with Crippen LogP contribution in [0.25, 0.3) is 0 Å². The monoisotopic (exact) mass is 250 g/mol. The minimum atomic E-state index is -0.902. The lowest BCUT2D eigenvalue weighted by molar-refractivity contribution is -0.139. The maximum atomic E-state index is 11.3. The molecule has 0 spiro atoms. The number of aldehydes is 1. The standard InChI is InChI=1S/C14H18O4/c1-14(2,8-13(16)17)12(9-15)10-4-6-11(18-3)7-5-10/h4-7,9,12H,8H2,1-3H3,(H,16,17). The van der Waals surface area contributed by atoms with Crippen molar-refractivity contribution in [2.75, 3.05) is 7.11 Å². The third kappa shape index (κ3) is 3.32. The molecule has 1 aromatic carbocycles. The van der Waals surface area contributed by atoms with Crippen molar-refractivity contribution in [3.63, 3.8) is 0 Å². The molecule has 4 heteroatoms. The summed E-state index contributed by atoms with van der Waals surface area (Å²) >= 11 is 0. The van der Waals surface area contributed by atoms with Gasteiger partial charge in [-0.1, -0.05) is 26.0 Å². The van der Waals surface area contributed by atoms with Crippen LogP contribution in [0.4, 0.5) is 0 Å². The number of hydrogen-bond donors (Lipinski definition) is 1. The third-order valence-electron chi connectivity index (χ3n) is 3.06. The van der Waals surface area contributed by atoms with Gasteiger partial charge in [0, 0.05) is 5.92 Å². The maximum absolute atomic E-state index is 11.3. The molecule has 0 aliphatic carbocycles. The molecule has 0 aromatic heterocycles. The fourth-order valence-electron chi connectivity index (χ4n) is 2.02. The lowest BCUT2D eigenvalue weighted by Crippen LogP contribution is -2.26. The Balaban J connectivity index is 3.00. The van der Waals surface area contributed by atoms with E-state index in [0.717, 1.165) is 11.8 Å². The molecule has 0 fully saturated rings. The first-order valence-corrected chi connectivity index (χ1v) is 5.71. The van der Waals surface area contributed by atoms with Gasteiger partial charge in [0.15, 0.2) is 0 Å². The Hall–Kier alpha value is -1.84. The van der Waals surface area contributed by atoms with E-state index in [4.69, 9.17) is 9.84 Å². The molecule has 1 N–H and O–H groups in total. The van der Waals surface area contributed by atoms with Crippen molar-refractivity contribution in [2.24, 2.45) is 5.41 Å². The first kappa shape index (κ1) is 14.2. The van der Waals surface area contributed by atoms with Crippen LogP contribution in [-0.4, -0.2) is 24.5 Å². The highest BCUT2D eigenvalue weighted by atomic mass is 16.5. The van der Waals surface area contributed by atoms with E-state index in [-0.39, 0.29) is 6.42 Å². The van der Waals surface area contributed by atoms with Gasteiger partial charge in [-0.2, -0.15) is 0 Å². The van der Waals surface area contributed by atoms with E-state index < -0.39 is 17.3 Å². The van der Waals surface area contributed by atoms with Gasteiger partial charge >= 0.3 is 5.97 Å². The maximum Gasteiger partial charge on any atom is 0.303 e. The summed E-state index contributed by atoms with van der Waals surface area (Å²) in [5.41, 5.74) is 0.180. The van der Waals surface area contributed by atoms with Crippen LogP contribution >= 0.6 is 0 Å². The fraction of sp³-hybridized carbons (Fsp3) is 0.429. The Morgan fingerprint density at radius 1 is 1.39 bits per heavy atom. The molecular weight excluding hydrogens is 232 g/mol. The molecule has 1 rings (SSSR count). The van der Waals surface area contributed by atoms with Gasteiger partial charge in [-0.05, 0) is 23.1 Å². The fourth-order valence-corrected chi connectivity index (χ4v) is 2.02. The van der Waals surface area contributed by atoms with Gasteiger partial charge in [-0.15, -0.1) is 0 Å². The number of ether oxygens (including phenoxy) is 1. The lowest BCUT2D eigenvalue weighted by Gasteiger charge is -2.29. The van der Waals surface area contributed by atoms with E-state index in [9.17, 15) is 9.59 Å². The van der Waals surface area contributed by atoms with Gasteiger partial charge in [0.05, 0.1) is 13.5 Å². The molecule has 0 saturated heterocycles. The first-order valence-electron chi connectivity index (χ1n) is 5.71. The van der Waals surface area contributed by atoms with E-state index in [1.54, 1.807) is 45.2 Å². The Bertz CT molecular complexity index is 420. The summed E-state index contributed by atoms with van der Waals surface area (Å²) in [6, 6.07) is 7.12. The van der Waals surface area contributed by atoms with Crippen LogP contribution in [0.5, 0.6) is 5.75 Å². The number of carbonyl (C=O) groups is 2. The van der Waals surface area contributed by atoms with E-state index in [0.29, 0.717) is 5.75 Å². The molecule has 18 heavy (non-hydrogen) atoms. The van der Waals surface area contributed by atoms with Gasteiger partial charge in [0.2, 0.25) is 0 Å². The quantitative estimate of drug-likeness (QED) is 0.788.